The molecule has 6 rings (SSSR count). The monoisotopic (exact) mass is 592 g/mol. The molecule has 0 unspecified atom stereocenters. The summed E-state index contributed by atoms with van der Waals surface area (Å²) in [6.07, 6.45) is -3.22. The van der Waals surface area contributed by atoms with Gasteiger partial charge in [-0.05, 0) is 51.9 Å². The second-order valence-corrected chi connectivity index (χ2v) is 11.4. The molecule has 0 aliphatic carbocycles. The number of nitrogens with two attached hydrogens (primary N) is 1. The Morgan fingerprint density at radius 1 is 1.19 bits per heavy atom. The van der Waals surface area contributed by atoms with E-state index in [1.165, 1.54) is 0 Å². The van der Waals surface area contributed by atoms with Crippen LogP contribution in [0.1, 0.15) is 37.9 Å². The van der Waals surface area contributed by atoms with E-state index in [9.17, 15) is 17.6 Å². The maximum Gasteiger partial charge on any atom is 0.573 e. The molecule has 2 saturated heterocycles. The van der Waals surface area contributed by atoms with Gasteiger partial charge in [0.05, 0.1) is 17.0 Å². The number of pyridine rings is 2. The Morgan fingerprint density at radius 3 is 2.67 bits per heavy atom. The average Bonchev–Trinajstić information content (AvgIpc) is 3.24. The second-order valence-electron chi connectivity index (χ2n) is 11.4. The standard InChI is InChI=1S/C29H33F5N6O2/c1-5-39(4)9-8-19-13(2)21-22-27(37-19)40-12-16-6-7-20(36-16)25(40)14(3)41-28(22)38-24(23(21)31)17-10-15(35)11-18(30)26(17)42-29(32,33)34/h10-11,14,16,20,25,36H,5-9,12,35H2,1-4H3/t14-,16+,20-,25+/m0/s1. The Morgan fingerprint density at radius 2 is 1.95 bits per heavy atom. The topological polar surface area (TPSA) is 88.8 Å². The Bertz CT molecular complexity index is 1550. The molecule has 13 heteroatoms. The number of hydrogen-bond donors (Lipinski definition) is 2. The lowest BCUT2D eigenvalue weighted by atomic mass is 9.97. The Hall–Kier alpha value is -3.45. The Labute approximate surface area is 240 Å². The lowest BCUT2D eigenvalue weighted by molar-refractivity contribution is -0.275. The van der Waals surface area contributed by atoms with E-state index in [0.717, 1.165) is 25.5 Å². The van der Waals surface area contributed by atoms with Gasteiger partial charge in [0.1, 0.15) is 17.6 Å². The Balaban J connectivity index is 1.64. The number of aryl methyl sites for hydroxylation is 1. The number of benzene rings is 1. The number of piperazine rings is 1. The highest BCUT2D eigenvalue weighted by molar-refractivity contribution is 6.02. The van der Waals surface area contributed by atoms with Crippen LogP contribution < -0.4 is 25.4 Å². The van der Waals surface area contributed by atoms with Crippen molar-refractivity contribution in [2.45, 2.75) is 70.6 Å². The zero-order valence-electron chi connectivity index (χ0n) is 23.8. The molecule has 5 heterocycles. The average molecular weight is 593 g/mol. The third-order valence-electron chi connectivity index (χ3n) is 8.70. The minimum Gasteiger partial charge on any atom is -0.472 e. The van der Waals surface area contributed by atoms with Crippen molar-refractivity contribution in [2.24, 2.45) is 0 Å². The van der Waals surface area contributed by atoms with E-state index in [0.29, 0.717) is 48.0 Å². The van der Waals surface area contributed by atoms with Crippen molar-refractivity contribution in [3.05, 3.63) is 35.0 Å². The molecule has 2 aromatic heterocycles. The van der Waals surface area contributed by atoms with Gasteiger partial charge in [0.2, 0.25) is 5.88 Å². The first-order valence-electron chi connectivity index (χ1n) is 14.1. The molecule has 0 saturated carbocycles. The van der Waals surface area contributed by atoms with Crippen LogP contribution in [0.4, 0.5) is 33.5 Å². The van der Waals surface area contributed by atoms with Crippen molar-refractivity contribution in [2.75, 3.05) is 37.3 Å². The maximum atomic E-state index is 16.8. The van der Waals surface area contributed by atoms with E-state index >= 15 is 4.39 Å². The zero-order chi connectivity index (χ0) is 30.1. The predicted octanol–water partition coefficient (Wildman–Crippen LogP) is 4.95. The number of anilines is 2. The van der Waals surface area contributed by atoms with Crippen LogP contribution >= 0.6 is 0 Å². The van der Waals surface area contributed by atoms with E-state index in [1.54, 1.807) is 6.92 Å². The summed E-state index contributed by atoms with van der Waals surface area (Å²) < 4.78 is 82.1. The molecule has 42 heavy (non-hydrogen) atoms. The summed E-state index contributed by atoms with van der Waals surface area (Å²) in [5.41, 5.74) is 5.65. The number of fused-ring (bicyclic) bond motifs is 5. The summed E-state index contributed by atoms with van der Waals surface area (Å²) in [4.78, 5) is 13.8. The number of alkyl halides is 3. The summed E-state index contributed by atoms with van der Waals surface area (Å²) in [6.45, 7) is 7.76. The van der Waals surface area contributed by atoms with E-state index in [1.807, 2.05) is 20.9 Å². The first-order valence-corrected chi connectivity index (χ1v) is 14.1. The van der Waals surface area contributed by atoms with Crippen LogP contribution in [0.2, 0.25) is 0 Å². The first-order chi connectivity index (χ1) is 19.9. The lowest BCUT2D eigenvalue weighted by Gasteiger charge is -2.43. The number of aromatic nitrogens is 2. The van der Waals surface area contributed by atoms with Crippen molar-refractivity contribution >= 4 is 22.3 Å². The molecule has 8 nitrogen and oxygen atoms in total. The fourth-order valence-electron chi connectivity index (χ4n) is 6.59. The summed E-state index contributed by atoms with van der Waals surface area (Å²) in [5, 5.41) is 4.11. The van der Waals surface area contributed by atoms with Gasteiger partial charge in [-0.15, -0.1) is 13.2 Å². The highest BCUT2D eigenvalue weighted by Crippen LogP contribution is 2.47. The van der Waals surface area contributed by atoms with Gasteiger partial charge < -0.3 is 30.3 Å². The molecule has 1 aromatic carbocycles. The number of halogens is 5. The van der Waals surface area contributed by atoms with Gasteiger partial charge in [-0.1, -0.05) is 6.92 Å². The van der Waals surface area contributed by atoms with Gasteiger partial charge in [0, 0.05) is 54.4 Å². The molecule has 3 N–H and O–H groups in total. The van der Waals surface area contributed by atoms with Gasteiger partial charge in [-0.3, -0.25) is 0 Å². The van der Waals surface area contributed by atoms with Crippen molar-refractivity contribution in [3.8, 4) is 22.9 Å². The van der Waals surface area contributed by atoms with Crippen LogP contribution in [0.15, 0.2) is 12.1 Å². The fraction of sp³-hybridized carbons (Fsp3) is 0.517. The van der Waals surface area contributed by atoms with Gasteiger partial charge in [0.25, 0.3) is 0 Å². The number of nitrogens with zero attached hydrogens (tertiary/aromatic N) is 4. The van der Waals surface area contributed by atoms with Gasteiger partial charge in [-0.25, -0.2) is 18.7 Å². The first kappa shape index (κ1) is 28.7. The smallest absolute Gasteiger partial charge is 0.472 e. The predicted molar refractivity (Wildman–Crippen MR) is 149 cm³/mol. The molecule has 0 radical (unpaired) electrons. The lowest BCUT2D eigenvalue weighted by Crippen LogP contribution is -2.62. The molecule has 3 aliphatic rings. The number of hydrogen-bond acceptors (Lipinski definition) is 8. The van der Waals surface area contributed by atoms with Gasteiger partial charge >= 0.3 is 6.36 Å². The number of rotatable bonds is 6. The number of nitrogen functional groups attached to an aromatic ring is 1. The van der Waals surface area contributed by atoms with Crippen LogP contribution in [0.25, 0.3) is 22.0 Å². The van der Waals surface area contributed by atoms with Crippen molar-refractivity contribution in [3.63, 3.8) is 0 Å². The van der Waals surface area contributed by atoms with Gasteiger partial charge in [0.15, 0.2) is 17.4 Å². The molecule has 3 aliphatic heterocycles. The highest BCUT2D eigenvalue weighted by Gasteiger charge is 2.47. The van der Waals surface area contributed by atoms with Gasteiger partial charge in [-0.2, -0.15) is 0 Å². The molecule has 2 bridgehead atoms. The minimum atomic E-state index is -5.24. The molecule has 226 valence electrons. The van der Waals surface area contributed by atoms with Crippen molar-refractivity contribution in [1.29, 1.82) is 0 Å². The number of nitrogens with one attached hydrogen (secondary N) is 1. The molecule has 2 fully saturated rings. The SMILES string of the molecule is CCN(C)CCc1nc2c3c(nc(-c4cc(N)cc(F)c4OC(F)(F)F)c(F)c3c1C)O[C@@H](C)[C@@H]1[C@@H]3CC[C@H](CN21)N3. The zero-order valence-corrected chi connectivity index (χ0v) is 23.8. The normalized spacial score (nSPS) is 23.2. The van der Waals surface area contributed by atoms with E-state index in [-0.39, 0.29) is 35.1 Å². The number of ether oxygens (including phenoxy) is 2. The fourth-order valence-corrected chi connectivity index (χ4v) is 6.59. The van der Waals surface area contributed by atoms with Crippen LogP contribution in [-0.4, -0.2) is 72.1 Å². The summed E-state index contributed by atoms with van der Waals surface area (Å²) in [6, 6.07) is 1.92. The molecule has 3 aromatic rings. The van der Waals surface area contributed by atoms with Crippen molar-refractivity contribution in [1.82, 2.24) is 20.2 Å². The van der Waals surface area contributed by atoms with Crippen LogP contribution in [-0.2, 0) is 6.42 Å². The molecule has 0 amide bonds. The largest absolute Gasteiger partial charge is 0.573 e. The quantitative estimate of drug-likeness (QED) is 0.307. The molecular weight excluding hydrogens is 559 g/mol. The summed E-state index contributed by atoms with van der Waals surface area (Å²) >= 11 is 0. The highest BCUT2D eigenvalue weighted by atomic mass is 19.4. The third-order valence-corrected chi connectivity index (χ3v) is 8.70. The summed E-state index contributed by atoms with van der Waals surface area (Å²) in [5.74, 6) is -2.98. The maximum absolute atomic E-state index is 16.8. The molecular formula is C29H33F5N6O2. The number of likely N-dealkylation sites (N-methyl/N-ethyl adjacent to an activating group) is 1. The van der Waals surface area contributed by atoms with E-state index in [4.69, 9.17) is 15.5 Å². The third kappa shape index (κ3) is 4.85. The Kier molecular flexibility index (Phi) is 7.08. The van der Waals surface area contributed by atoms with Crippen LogP contribution in [0.3, 0.4) is 0 Å². The van der Waals surface area contributed by atoms with E-state index in [2.05, 4.69) is 24.8 Å². The van der Waals surface area contributed by atoms with Crippen LogP contribution in [0.5, 0.6) is 11.6 Å². The van der Waals surface area contributed by atoms with E-state index < -0.39 is 41.1 Å². The van der Waals surface area contributed by atoms with Crippen molar-refractivity contribution < 1.29 is 31.4 Å². The molecule has 4 atom stereocenters. The summed E-state index contributed by atoms with van der Waals surface area (Å²) in [7, 11) is 1.97. The minimum absolute atomic E-state index is 0.0165. The molecule has 0 spiro atoms. The van der Waals surface area contributed by atoms with Crippen LogP contribution in [0, 0.1) is 18.6 Å². The second kappa shape index (κ2) is 10.4.